The van der Waals surface area contributed by atoms with Crippen LogP contribution < -0.4 is 5.32 Å². The topological polar surface area (TPSA) is 78.8 Å². The van der Waals surface area contributed by atoms with Gasteiger partial charge in [0.25, 0.3) is 0 Å². The van der Waals surface area contributed by atoms with Gasteiger partial charge in [-0.05, 0) is 42.3 Å². The summed E-state index contributed by atoms with van der Waals surface area (Å²) in [5.41, 5.74) is 4.77. The van der Waals surface area contributed by atoms with E-state index in [-0.39, 0.29) is 17.6 Å². The molecule has 0 fully saturated rings. The number of rotatable bonds is 6. The number of aromatic nitrogens is 4. The number of carbonyl (C=O) groups excluding carboxylic acids is 1. The van der Waals surface area contributed by atoms with Gasteiger partial charge in [0, 0.05) is 68.3 Å². The predicted octanol–water partition coefficient (Wildman–Crippen LogP) is 2.89. The van der Waals surface area contributed by atoms with Crippen molar-refractivity contribution in [1.29, 1.82) is 0 Å². The number of hydrogen-bond donors (Lipinski definition) is 2. The molecule has 7 nitrogen and oxygen atoms in total. The van der Waals surface area contributed by atoms with E-state index in [1.807, 2.05) is 37.6 Å². The van der Waals surface area contributed by atoms with Crippen LogP contribution >= 0.6 is 0 Å². The highest BCUT2D eigenvalue weighted by atomic mass is 19.1. The summed E-state index contributed by atoms with van der Waals surface area (Å²) >= 11 is 0. The van der Waals surface area contributed by atoms with E-state index in [1.54, 1.807) is 16.9 Å². The van der Waals surface area contributed by atoms with Gasteiger partial charge < -0.3 is 10.3 Å². The van der Waals surface area contributed by atoms with E-state index < -0.39 is 0 Å². The Balaban J connectivity index is 1.27. The lowest BCUT2D eigenvalue weighted by molar-refractivity contribution is -0.123. The Morgan fingerprint density at radius 3 is 3.06 bits per heavy atom. The number of amides is 1. The van der Waals surface area contributed by atoms with Gasteiger partial charge >= 0.3 is 0 Å². The first-order valence-electron chi connectivity index (χ1n) is 10.7. The molecule has 1 aliphatic heterocycles. The second kappa shape index (κ2) is 8.55. The summed E-state index contributed by atoms with van der Waals surface area (Å²) in [5.74, 6) is -0.647. The molecule has 1 aromatic carbocycles. The molecule has 1 aliphatic rings. The lowest BCUT2D eigenvalue weighted by Gasteiger charge is -2.31. The van der Waals surface area contributed by atoms with Crippen molar-refractivity contribution in [2.75, 3.05) is 13.1 Å². The Morgan fingerprint density at radius 2 is 2.22 bits per heavy atom. The van der Waals surface area contributed by atoms with Gasteiger partial charge in [-0.3, -0.25) is 19.4 Å². The minimum atomic E-state index is -0.343. The molecule has 5 rings (SSSR count). The van der Waals surface area contributed by atoms with Gasteiger partial charge in [0.1, 0.15) is 5.82 Å². The molecule has 32 heavy (non-hydrogen) atoms. The molecule has 1 unspecified atom stereocenters. The molecule has 3 aromatic heterocycles. The molecule has 0 saturated heterocycles. The first-order valence-corrected chi connectivity index (χ1v) is 10.7. The molecule has 164 valence electrons. The summed E-state index contributed by atoms with van der Waals surface area (Å²) in [6.45, 7) is 2.48. The molecule has 0 aliphatic carbocycles. The Kier molecular flexibility index (Phi) is 5.45. The molecule has 8 heteroatoms. The van der Waals surface area contributed by atoms with Crippen molar-refractivity contribution < 1.29 is 9.18 Å². The van der Waals surface area contributed by atoms with Crippen molar-refractivity contribution in [3.05, 3.63) is 83.3 Å². The minimum Gasteiger partial charge on any atom is -0.361 e. The summed E-state index contributed by atoms with van der Waals surface area (Å²) < 4.78 is 15.4. The third kappa shape index (κ3) is 4.13. The number of fused-ring (bicyclic) bond motifs is 2. The first kappa shape index (κ1) is 20.4. The van der Waals surface area contributed by atoms with Gasteiger partial charge in [0.2, 0.25) is 5.91 Å². The summed E-state index contributed by atoms with van der Waals surface area (Å²) in [5, 5.41) is 8.49. The highest BCUT2D eigenvalue weighted by molar-refractivity contribution is 5.85. The van der Waals surface area contributed by atoms with Gasteiger partial charge in [0.05, 0.1) is 17.3 Å². The van der Waals surface area contributed by atoms with Gasteiger partial charge in [-0.25, -0.2) is 4.39 Å². The molecule has 0 spiro atoms. The number of H-pyrrole nitrogens is 1. The van der Waals surface area contributed by atoms with E-state index in [0.717, 1.165) is 40.0 Å². The monoisotopic (exact) mass is 432 g/mol. The highest BCUT2D eigenvalue weighted by Gasteiger charge is 2.33. The van der Waals surface area contributed by atoms with E-state index in [2.05, 4.69) is 25.3 Å². The maximum atomic E-state index is 13.6. The normalized spacial score (nSPS) is 16.2. The highest BCUT2D eigenvalue weighted by Crippen LogP contribution is 2.28. The largest absolute Gasteiger partial charge is 0.361 e. The SMILES string of the molecule is Cn1cc2c(n1)C(C(=O)NCCc1c[nH]c3ccc(F)cc13)CN(Cc1ccccn1)C2. The zero-order valence-corrected chi connectivity index (χ0v) is 17.9. The first-order chi connectivity index (χ1) is 15.6. The number of aromatic amines is 1. The van der Waals surface area contributed by atoms with Crippen LogP contribution in [-0.4, -0.2) is 43.6 Å². The van der Waals surface area contributed by atoms with E-state index in [0.29, 0.717) is 26.1 Å². The number of nitrogens with zero attached hydrogens (tertiary/aromatic N) is 4. The third-order valence-corrected chi connectivity index (χ3v) is 5.95. The molecule has 0 bridgehead atoms. The fourth-order valence-electron chi connectivity index (χ4n) is 4.47. The molecular formula is C24H25FN6O. The maximum absolute atomic E-state index is 13.6. The molecule has 4 aromatic rings. The minimum absolute atomic E-state index is 0.0401. The second-order valence-corrected chi connectivity index (χ2v) is 8.30. The Bertz CT molecular complexity index is 1250. The average molecular weight is 433 g/mol. The van der Waals surface area contributed by atoms with E-state index >= 15 is 0 Å². The Labute approximate surface area is 185 Å². The molecule has 1 amide bonds. The van der Waals surface area contributed by atoms with Crippen LogP contribution in [0.3, 0.4) is 0 Å². The number of carbonyl (C=O) groups is 1. The number of pyridine rings is 1. The van der Waals surface area contributed by atoms with Gasteiger partial charge in [0.15, 0.2) is 0 Å². The van der Waals surface area contributed by atoms with Gasteiger partial charge in [-0.1, -0.05) is 6.07 Å². The Hall–Kier alpha value is -3.52. The number of nitrogens with one attached hydrogen (secondary N) is 2. The van der Waals surface area contributed by atoms with Crippen molar-refractivity contribution >= 4 is 16.8 Å². The van der Waals surface area contributed by atoms with Crippen molar-refractivity contribution in [3.8, 4) is 0 Å². The van der Waals surface area contributed by atoms with Crippen LogP contribution in [0.4, 0.5) is 4.39 Å². The maximum Gasteiger partial charge on any atom is 0.230 e. The molecule has 0 radical (unpaired) electrons. The fourth-order valence-corrected chi connectivity index (χ4v) is 4.47. The van der Waals surface area contributed by atoms with Gasteiger partial charge in [-0.15, -0.1) is 0 Å². The Morgan fingerprint density at radius 1 is 1.31 bits per heavy atom. The molecule has 0 saturated carbocycles. The summed E-state index contributed by atoms with van der Waals surface area (Å²) in [6.07, 6.45) is 6.27. The quantitative estimate of drug-likeness (QED) is 0.491. The number of benzene rings is 1. The number of hydrogen-bond acceptors (Lipinski definition) is 4. The smallest absolute Gasteiger partial charge is 0.230 e. The summed E-state index contributed by atoms with van der Waals surface area (Å²) in [4.78, 5) is 23.0. The molecule has 1 atom stereocenters. The number of aryl methyl sites for hydroxylation is 1. The summed E-state index contributed by atoms with van der Waals surface area (Å²) in [7, 11) is 1.88. The summed E-state index contributed by atoms with van der Waals surface area (Å²) in [6, 6.07) is 10.6. The lowest BCUT2D eigenvalue weighted by atomic mass is 9.95. The van der Waals surface area contributed by atoms with Crippen LogP contribution in [-0.2, 0) is 31.4 Å². The second-order valence-electron chi connectivity index (χ2n) is 8.30. The van der Waals surface area contributed by atoms with Crippen molar-refractivity contribution in [2.45, 2.75) is 25.4 Å². The van der Waals surface area contributed by atoms with Crippen molar-refractivity contribution in [2.24, 2.45) is 7.05 Å². The third-order valence-electron chi connectivity index (χ3n) is 5.95. The van der Waals surface area contributed by atoms with E-state index in [4.69, 9.17) is 0 Å². The zero-order valence-electron chi connectivity index (χ0n) is 17.9. The van der Waals surface area contributed by atoms with Gasteiger partial charge in [-0.2, -0.15) is 5.10 Å². The van der Waals surface area contributed by atoms with Crippen LogP contribution in [0, 0.1) is 5.82 Å². The van der Waals surface area contributed by atoms with E-state index in [9.17, 15) is 9.18 Å². The van der Waals surface area contributed by atoms with Crippen LogP contribution in [0.15, 0.2) is 55.0 Å². The van der Waals surface area contributed by atoms with Crippen molar-refractivity contribution in [1.82, 2.24) is 30.0 Å². The molecule has 2 N–H and O–H groups in total. The fraction of sp³-hybridized carbons (Fsp3) is 0.292. The molecule has 4 heterocycles. The van der Waals surface area contributed by atoms with Crippen LogP contribution in [0.2, 0.25) is 0 Å². The van der Waals surface area contributed by atoms with Crippen LogP contribution in [0.1, 0.15) is 28.4 Å². The molecular weight excluding hydrogens is 407 g/mol. The average Bonchev–Trinajstić information content (AvgIpc) is 3.36. The van der Waals surface area contributed by atoms with E-state index in [1.165, 1.54) is 12.1 Å². The predicted molar refractivity (Wildman–Crippen MR) is 119 cm³/mol. The standard InChI is InChI=1S/C24H25FN6O/c1-30-12-17-13-31(14-19-4-2-3-8-26-19)15-21(23(17)29-30)24(32)27-9-7-16-11-28-22-6-5-18(25)10-20(16)22/h2-6,8,10-12,21,28H,7,9,13-15H2,1H3,(H,27,32). The van der Waals surface area contributed by atoms with Crippen molar-refractivity contribution in [3.63, 3.8) is 0 Å². The zero-order chi connectivity index (χ0) is 22.1. The lowest BCUT2D eigenvalue weighted by Crippen LogP contribution is -2.41. The van der Waals surface area contributed by atoms with Crippen LogP contribution in [0.5, 0.6) is 0 Å². The van der Waals surface area contributed by atoms with Crippen LogP contribution in [0.25, 0.3) is 10.9 Å². The number of halogens is 1.